The second-order valence-electron chi connectivity index (χ2n) is 6.01. The van der Waals surface area contributed by atoms with Crippen LogP contribution in [0.2, 0.25) is 15.1 Å². The SMILES string of the molecule is O=C(NCc1cc(Cl)cc(Cl)c1)[C@@]1(O)CCN(c2cccc(Cl)c2)C1=O. The van der Waals surface area contributed by atoms with Crippen molar-refractivity contribution in [2.75, 3.05) is 11.4 Å². The first kappa shape index (κ1) is 19.0. The Morgan fingerprint density at radius 2 is 1.81 bits per heavy atom. The monoisotopic (exact) mass is 412 g/mol. The van der Waals surface area contributed by atoms with Gasteiger partial charge in [0.25, 0.3) is 11.8 Å². The molecule has 2 amide bonds. The van der Waals surface area contributed by atoms with Gasteiger partial charge in [0.05, 0.1) is 0 Å². The Kier molecular flexibility index (Phi) is 5.44. The van der Waals surface area contributed by atoms with Gasteiger partial charge in [-0.2, -0.15) is 0 Å². The number of halogens is 3. The van der Waals surface area contributed by atoms with Crippen molar-refractivity contribution in [1.29, 1.82) is 0 Å². The standard InChI is InChI=1S/C18H15Cl3N2O3/c19-12-2-1-3-15(9-12)23-5-4-18(26,17(23)25)16(24)22-10-11-6-13(20)8-14(21)7-11/h1-3,6-9,26H,4-5,10H2,(H,22,24)/t18-/m0/s1. The molecule has 0 bridgehead atoms. The van der Waals surface area contributed by atoms with Crippen molar-refractivity contribution in [2.24, 2.45) is 0 Å². The number of rotatable bonds is 4. The molecule has 0 aromatic heterocycles. The van der Waals surface area contributed by atoms with Gasteiger partial charge >= 0.3 is 0 Å². The van der Waals surface area contributed by atoms with Gasteiger partial charge in [-0.15, -0.1) is 0 Å². The van der Waals surface area contributed by atoms with Crippen LogP contribution in [0, 0.1) is 0 Å². The van der Waals surface area contributed by atoms with Gasteiger partial charge in [0.2, 0.25) is 5.60 Å². The van der Waals surface area contributed by atoms with Crippen molar-refractivity contribution in [1.82, 2.24) is 5.32 Å². The molecule has 0 unspecified atom stereocenters. The van der Waals surface area contributed by atoms with Crippen LogP contribution in [-0.4, -0.2) is 29.1 Å². The highest BCUT2D eigenvalue weighted by Crippen LogP contribution is 2.30. The van der Waals surface area contributed by atoms with E-state index >= 15 is 0 Å². The number of hydrogen-bond acceptors (Lipinski definition) is 3. The number of carbonyl (C=O) groups excluding carboxylic acids is 2. The van der Waals surface area contributed by atoms with E-state index in [1.165, 1.54) is 4.90 Å². The van der Waals surface area contributed by atoms with Crippen LogP contribution >= 0.6 is 34.8 Å². The summed E-state index contributed by atoms with van der Waals surface area (Å²) in [6.07, 6.45) is -0.0134. The highest BCUT2D eigenvalue weighted by atomic mass is 35.5. The van der Waals surface area contributed by atoms with Crippen molar-refractivity contribution in [3.8, 4) is 0 Å². The smallest absolute Gasteiger partial charge is 0.268 e. The van der Waals surface area contributed by atoms with Gasteiger partial charge in [0, 0.05) is 40.3 Å². The number of benzene rings is 2. The third-order valence-electron chi connectivity index (χ3n) is 4.17. The molecular weight excluding hydrogens is 399 g/mol. The Balaban J connectivity index is 1.71. The van der Waals surface area contributed by atoms with Crippen LogP contribution in [0.3, 0.4) is 0 Å². The largest absolute Gasteiger partial charge is 0.372 e. The summed E-state index contributed by atoms with van der Waals surface area (Å²) >= 11 is 17.8. The minimum atomic E-state index is -2.12. The molecule has 0 aliphatic carbocycles. The van der Waals surface area contributed by atoms with Gasteiger partial charge in [0.15, 0.2) is 0 Å². The van der Waals surface area contributed by atoms with Gasteiger partial charge in [-0.3, -0.25) is 9.59 Å². The lowest BCUT2D eigenvalue weighted by Gasteiger charge is -2.22. The van der Waals surface area contributed by atoms with Gasteiger partial charge in [0.1, 0.15) is 0 Å². The second-order valence-corrected chi connectivity index (χ2v) is 7.32. The third kappa shape index (κ3) is 3.81. The molecule has 2 N–H and O–H groups in total. The van der Waals surface area contributed by atoms with Crippen molar-refractivity contribution in [3.63, 3.8) is 0 Å². The average Bonchev–Trinajstić information content (AvgIpc) is 2.88. The molecule has 0 saturated carbocycles. The summed E-state index contributed by atoms with van der Waals surface area (Å²) in [6, 6.07) is 11.6. The minimum absolute atomic E-state index is 0.0134. The van der Waals surface area contributed by atoms with Gasteiger partial charge < -0.3 is 15.3 Å². The van der Waals surface area contributed by atoms with E-state index in [2.05, 4.69) is 5.32 Å². The van der Waals surface area contributed by atoms with Crippen LogP contribution in [0.4, 0.5) is 5.69 Å². The summed E-state index contributed by atoms with van der Waals surface area (Å²) in [6.45, 7) is 0.304. The number of nitrogens with one attached hydrogen (secondary N) is 1. The molecular formula is C18H15Cl3N2O3. The third-order valence-corrected chi connectivity index (χ3v) is 4.84. The van der Waals surface area contributed by atoms with Crippen LogP contribution in [0.25, 0.3) is 0 Å². The fraction of sp³-hybridized carbons (Fsp3) is 0.222. The zero-order valence-corrected chi connectivity index (χ0v) is 15.8. The second kappa shape index (κ2) is 7.45. The van der Waals surface area contributed by atoms with E-state index in [4.69, 9.17) is 34.8 Å². The summed E-state index contributed by atoms with van der Waals surface area (Å²) in [4.78, 5) is 26.4. The van der Waals surface area contributed by atoms with Gasteiger partial charge in [-0.1, -0.05) is 40.9 Å². The lowest BCUT2D eigenvalue weighted by Crippen LogP contribution is -2.52. The number of nitrogens with zero attached hydrogens (tertiary/aromatic N) is 1. The van der Waals surface area contributed by atoms with E-state index in [-0.39, 0.29) is 19.5 Å². The van der Waals surface area contributed by atoms with Crippen molar-refractivity contribution < 1.29 is 14.7 Å². The first-order valence-corrected chi connectivity index (χ1v) is 8.96. The van der Waals surface area contributed by atoms with E-state index in [1.807, 2.05) is 0 Å². The van der Waals surface area contributed by atoms with Crippen LogP contribution in [-0.2, 0) is 16.1 Å². The lowest BCUT2D eigenvalue weighted by atomic mass is 10.0. The highest BCUT2D eigenvalue weighted by Gasteiger charge is 2.51. The lowest BCUT2D eigenvalue weighted by molar-refractivity contribution is -0.149. The Hall–Kier alpha value is -1.79. The van der Waals surface area contributed by atoms with Crippen LogP contribution in [0.1, 0.15) is 12.0 Å². The summed E-state index contributed by atoms with van der Waals surface area (Å²) in [5, 5.41) is 14.5. The van der Waals surface area contributed by atoms with Crippen LogP contribution < -0.4 is 10.2 Å². The topological polar surface area (TPSA) is 69.6 Å². The predicted molar refractivity (Wildman–Crippen MR) is 102 cm³/mol. The molecule has 3 rings (SSSR count). The van der Waals surface area contributed by atoms with Crippen molar-refractivity contribution in [3.05, 3.63) is 63.1 Å². The molecule has 1 saturated heterocycles. The summed E-state index contributed by atoms with van der Waals surface area (Å²) in [5.74, 6) is -1.44. The van der Waals surface area contributed by atoms with E-state index < -0.39 is 17.4 Å². The molecule has 2 aromatic carbocycles. The number of carbonyl (C=O) groups is 2. The van der Waals surface area contributed by atoms with Crippen molar-refractivity contribution >= 4 is 52.3 Å². The maximum absolute atomic E-state index is 12.6. The summed E-state index contributed by atoms with van der Waals surface area (Å²) in [5.41, 5.74) is -0.922. The zero-order valence-electron chi connectivity index (χ0n) is 13.5. The zero-order chi connectivity index (χ0) is 18.9. The number of aliphatic hydroxyl groups is 1. The van der Waals surface area contributed by atoms with E-state index in [0.717, 1.165) is 0 Å². The molecule has 0 radical (unpaired) electrons. The molecule has 26 heavy (non-hydrogen) atoms. The molecule has 2 aromatic rings. The van der Waals surface area contributed by atoms with Gasteiger partial charge in [-0.05, 0) is 42.0 Å². The Morgan fingerprint density at radius 1 is 1.12 bits per heavy atom. The molecule has 1 heterocycles. The van der Waals surface area contributed by atoms with Gasteiger partial charge in [-0.25, -0.2) is 0 Å². The Labute approximate surface area is 165 Å². The molecule has 136 valence electrons. The fourth-order valence-corrected chi connectivity index (χ4v) is 3.60. The quantitative estimate of drug-likeness (QED) is 0.755. The molecule has 1 aliphatic rings. The van der Waals surface area contributed by atoms with E-state index in [9.17, 15) is 14.7 Å². The summed E-state index contributed by atoms with van der Waals surface area (Å²) in [7, 11) is 0. The fourth-order valence-electron chi connectivity index (χ4n) is 2.85. The van der Waals surface area contributed by atoms with E-state index in [1.54, 1.807) is 42.5 Å². The summed E-state index contributed by atoms with van der Waals surface area (Å²) < 4.78 is 0. The maximum Gasteiger partial charge on any atom is 0.268 e. The molecule has 5 nitrogen and oxygen atoms in total. The first-order chi connectivity index (χ1) is 12.3. The minimum Gasteiger partial charge on any atom is -0.372 e. The van der Waals surface area contributed by atoms with Crippen LogP contribution in [0.5, 0.6) is 0 Å². The maximum atomic E-state index is 12.6. The molecule has 0 spiro atoms. The number of anilines is 1. The van der Waals surface area contributed by atoms with Crippen molar-refractivity contribution in [2.45, 2.75) is 18.6 Å². The molecule has 1 atom stereocenters. The Bertz CT molecular complexity index is 854. The van der Waals surface area contributed by atoms with E-state index in [0.29, 0.717) is 26.3 Å². The first-order valence-electron chi connectivity index (χ1n) is 7.83. The highest BCUT2D eigenvalue weighted by molar-refractivity contribution is 6.34. The Morgan fingerprint density at radius 3 is 2.46 bits per heavy atom. The molecule has 1 aliphatic heterocycles. The molecule has 8 heteroatoms. The predicted octanol–water partition coefficient (Wildman–Crippen LogP) is 3.43. The number of hydrogen-bond donors (Lipinski definition) is 2. The molecule has 1 fully saturated rings. The number of amides is 2. The normalized spacial score (nSPS) is 19.7. The van der Waals surface area contributed by atoms with Crippen LogP contribution in [0.15, 0.2) is 42.5 Å². The average molecular weight is 414 g/mol.